The summed E-state index contributed by atoms with van der Waals surface area (Å²) >= 11 is 0. The van der Waals surface area contributed by atoms with Crippen molar-refractivity contribution in [3.8, 4) is 0 Å². The Morgan fingerprint density at radius 3 is 2.56 bits per heavy atom. The molecule has 32 heavy (non-hydrogen) atoms. The van der Waals surface area contributed by atoms with Gasteiger partial charge in [0.1, 0.15) is 5.69 Å². The lowest BCUT2D eigenvalue weighted by Gasteiger charge is -2.19. The average molecular weight is 482 g/mol. The lowest BCUT2D eigenvalue weighted by atomic mass is 10.00. The van der Waals surface area contributed by atoms with E-state index in [-0.39, 0.29) is 34.2 Å². The highest BCUT2D eigenvalue weighted by atomic mass is 32.2. The van der Waals surface area contributed by atoms with Gasteiger partial charge >= 0.3 is 18.8 Å². The third kappa shape index (κ3) is 4.18. The maximum atomic E-state index is 13.9. The van der Waals surface area contributed by atoms with Gasteiger partial charge in [0.05, 0.1) is 11.9 Å². The second kappa shape index (κ2) is 7.72. The molecule has 2 heterocycles. The third-order valence-electron chi connectivity index (χ3n) is 5.10. The first kappa shape index (κ1) is 22.5. The third-order valence-corrected chi connectivity index (χ3v) is 6.37. The number of pyridine rings is 1. The van der Waals surface area contributed by atoms with Crippen LogP contribution < -0.4 is 10.5 Å². The molecule has 0 spiro atoms. The number of fused-ring (bicyclic) bond motifs is 1. The van der Waals surface area contributed by atoms with Crippen LogP contribution in [0.1, 0.15) is 54.2 Å². The van der Waals surface area contributed by atoms with Gasteiger partial charge in [-0.3, -0.25) is 0 Å². The Morgan fingerprint density at radius 2 is 2.00 bits per heavy atom. The molecule has 2 aliphatic carbocycles. The second-order valence-electron chi connectivity index (χ2n) is 7.43. The number of alkyl halides is 5. The van der Waals surface area contributed by atoms with Crippen molar-refractivity contribution in [3.63, 3.8) is 0 Å². The number of rotatable bonds is 4. The Balaban J connectivity index is 1.75. The maximum Gasteiger partial charge on any atom is 0.433 e. The minimum absolute atomic E-state index is 0.121. The van der Waals surface area contributed by atoms with Crippen molar-refractivity contribution in [2.45, 2.75) is 55.8 Å². The Labute approximate surface area is 177 Å². The second-order valence-corrected chi connectivity index (χ2v) is 9.14. The number of nitrogens with two attached hydrogens (primary N) is 1. The molecule has 8 nitrogen and oxygen atoms in total. The fourth-order valence-corrected chi connectivity index (χ4v) is 4.59. The summed E-state index contributed by atoms with van der Waals surface area (Å²) in [5.74, 6) is -1.95. The van der Waals surface area contributed by atoms with Gasteiger partial charge in [0.15, 0.2) is 15.7 Å². The van der Waals surface area contributed by atoms with Gasteiger partial charge in [0.25, 0.3) is 0 Å². The van der Waals surface area contributed by atoms with Crippen molar-refractivity contribution in [1.29, 1.82) is 0 Å². The maximum absolute atomic E-state index is 13.9. The van der Waals surface area contributed by atoms with E-state index in [0.29, 0.717) is 31.2 Å². The lowest BCUT2D eigenvalue weighted by Crippen LogP contribution is -2.22. The van der Waals surface area contributed by atoms with Crippen molar-refractivity contribution in [2.24, 2.45) is 9.50 Å². The first-order valence-corrected chi connectivity index (χ1v) is 11.0. The molecule has 1 saturated carbocycles. The Kier molecular flexibility index (Phi) is 5.43. The molecule has 3 N–H and O–H groups in total. The zero-order chi connectivity index (χ0) is 23.4. The van der Waals surface area contributed by atoms with Crippen LogP contribution >= 0.6 is 0 Å². The highest BCUT2D eigenvalue weighted by Gasteiger charge is 2.43. The Morgan fingerprint density at radius 1 is 1.31 bits per heavy atom. The van der Waals surface area contributed by atoms with E-state index >= 15 is 0 Å². The van der Waals surface area contributed by atoms with Gasteiger partial charge in [-0.25, -0.2) is 28.2 Å². The average Bonchev–Trinajstić information content (AvgIpc) is 3.23. The summed E-state index contributed by atoms with van der Waals surface area (Å²) in [6.07, 6.45) is -2.43. The minimum atomic E-state index is -4.77. The molecule has 0 bridgehead atoms. The number of carbonyl (C=O) groups is 1. The van der Waals surface area contributed by atoms with Crippen LogP contribution in [0.5, 0.6) is 0 Å². The summed E-state index contributed by atoms with van der Waals surface area (Å²) in [4.78, 5) is 16.3. The summed E-state index contributed by atoms with van der Waals surface area (Å²) in [5.41, 5.74) is -0.804. The van der Waals surface area contributed by atoms with Crippen LogP contribution in [0.15, 0.2) is 15.6 Å². The molecule has 2 aromatic rings. The molecule has 2 amide bonds. The molecule has 1 unspecified atom stereocenters. The monoisotopic (exact) mass is 482 g/mol. The SMILES string of the molecule is NS(=O)(=NC(=O)Nc1c2c(nc(C(F)(F)F)c1C1CC1)CCC2)c1nn(C(F)F)cc1F. The zero-order valence-corrected chi connectivity index (χ0v) is 16.9. The molecular weight excluding hydrogens is 466 g/mol. The molecule has 1 fully saturated rings. The number of amides is 2. The van der Waals surface area contributed by atoms with Gasteiger partial charge in [-0.05, 0) is 43.6 Å². The van der Waals surface area contributed by atoms with Gasteiger partial charge < -0.3 is 5.32 Å². The van der Waals surface area contributed by atoms with Crippen molar-refractivity contribution < 1.29 is 35.3 Å². The van der Waals surface area contributed by atoms with Gasteiger partial charge in [-0.2, -0.15) is 27.1 Å². The smallest absolute Gasteiger partial charge is 0.305 e. The van der Waals surface area contributed by atoms with Crippen molar-refractivity contribution in [3.05, 3.63) is 34.5 Å². The highest BCUT2D eigenvalue weighted by Crippen LogP contribution is 2.50. The predicted molar refractivity (Wildman–Crippen MR) is 98.7 cm³/mol. The number of aryl methyl sites for hydroxylation is 1. The number of halogens is 6. The molecule has 0 aliphatic heterocycles. The molecule has 0 aromatic carbocycles. The van der Waals surface area contributed by atoms with Crippen molar-refractivity contribution in [1.82, 2.24) is 14.8 Å². The van der Waals surface area contributed by atoms with Gasteiger partial charge in [-0.15, -0.1) is 4.36 Å². The minimum Gasteiger partial charge on any atom is -0.305 e. The number of anilines is 1. The molecule has 2 aromatic heterocycles. The predicted octanol–water partition coefficient (Wildman–Crippen LogP) is 4.13. The highest BCUT2D eigenvalue weighted by molar-refractivity contribution is 7.91. The number of aromatic nitrogens is 3. The van der Waals surface area contributed by atoms with E-state index in [0.717, 1.165) is 0 Å². The molecule has 4 rings (SSSR count). The molecule has 174 valence electrons. The number of nitrogens with one attached hydrogen (secondary N) is 1. The number of hydrogen-bond acceptors (Lipinski definition) is 4. The standard InChI is InChI=1S/C17H16F6N6O2S/c18-9-6-29(15(19)20)27-14(9)32(24,31)28-16(30)26-12-8-2-1-3-10(8)25-13(17(21,22)23)11(12)7-4-5-7/h6-7,15H,1-5H2,(H3,24,25,26,28,30,31). The van der Waals surface area contributed by atoms with Gasteiger partial charge in [0.2, 0.25) is 5.03 Å². The summed E-state index contributed by atoms with van der Waals surface area (Å²) in [7, 11) is -4.41. The Bertz CT molecular complexity index is 1210. The first-order chi connectivity index (χ1) is 14.9. The quantitative estimate of drug-likeness (QED) is 0.638. The van der Waals surface area contributed by atoms with E-state index in [2.05, 4.69) is 19.8 Å². The normalized spacial score (nSPS) is 17.9. The number of carbonyl (C=O) groups excluding carboxylic acids is 1. The largest absolute Gasteiger partial charge is 0.433 e. The fraction of sp³-hybridized carbons (Fsp3) is 0.471. The Hall–Kier alpha value is -2.68. The van der Waals surface area contributed by atoms with E-state index in [1.54, 1.807) is 0 Å². The molecule has 1 atom stereocenters. The molecular formula is C17H16F6N6O2S. The topological polar surface area (TPSA) is 115 Å². The zero-order valence-electron chi connectivity index (χ0n) is 16.1. The van der Waals surface area contributed by atoms with E-state index in [4.69, 9.17) is 5.14 Å². The van der Waals surface area contributed by atoms with Crippen molar-refractivity contribution >= 4 is 21.6 Å². The van der Waals surface area contributed by atoms with Gasteiger partial charge in [0, 0.05) is 11.3 Å². The molecule has 0 saturated heterocycles. The lowest BCUT2D eigenvalue weighted by molar-refractivity contribution is -0.141. The van der Waals surface area contributed by atoms with Crippen LogP contribution in [0.2, 0.25) is 0 Å². The summed E-state index contributed by atoms with van der Waals surface area (Å²) < 4.78 is 95.7. The van der Waals surface area contributed by atoms with E-state index in [1.807, 2.05) is 0 Å². The summed E-state index contributed by atoms with van der Waals surface area (Å²) in [6.45, 7) is -3.26. The first-order valence-electron chi connectivity index (χ1n) is 9.40. The van der Waals surface area contributed by atoms with Crippen molar-refractivity contribution in [2.75, 3.05) is 5.32 Å². The van der Waals surface area contributed by atoms with Crippen LogP contribution in [-0.4, -0.2) is 25.0 Å². The van der Waals surface area contributed by atoms with Crippen LogP contribution in [0, 0.1) is 5.82 Å². The fourth-order valence-electron chi connectivity index (χ4n) is 3.67. The van der Waals surface area contributed by atoms with Crippen LogP contribution in [-0.2, 0) is 28.9 Å². The van der Waals surface area contributed by atoms with Crippen LogP contribution in [0.4, 0.5) is 36.8 Å². The molecule has 2 aliphatic rings. The molecule has 0 radical (unpaired) electrons. The van der Waals surface area contributed by atoms with Crippen LogP contribution in [0.25, 0.3) is 0 Å². The van der Waals surface area contributed by atoms with E-state index in [1.165, 1.54) is 0 Å². The van der Waals surface area contributed by atoms with E-state index < -0.39 is 51.1 Å². The van der Waals surface area contributed by atoms with Crippen LogP contribution in [0.3, 0.4) is 0 Å². The van der Waals surface area contributed by atoms with Gasteiger partial charge in [-0.1, -0.05) is 0 Å². The number of hydrogen-bond donors (Lipinski definition) is 2. The summed E-state index contributed by atoms with van der Waals surface area (Å²) in [6, 6.07) is -1.42. The number of urea groups is 1. The summed E-state index contributed by atoms with van der Waals surface area (Å²) in [5, 5.41) is 9.47. The van der Waals surface area contributed by atoms with E-state index in [9.17, 15) is 35.3 Å². The number of nitrogens with zero attached hydrogens (tertiary/aromatic N) is 4. The molecule has 15 heteroatoms.